The molecule has 5 nitrogen and oxygen atoms in total. The van der Waals surface area contributed by atoms with Crippen molar-refractivity contribution in [2.24, 2.45) is 0 Å². The number of hydrogen-bond donors (Lipinski definition) is 0. The predicted octanol–water partition coefficient (Wildman–Crippen LogP) is 6.58. The highest BCUT2D eigenvalue weighted by atomic mass is 16.6. The number of rotatable bonds is 2. The van der Waals surface area contributed by atoms with Gasteiger partial charge in [-0.05, 0) is 57.1 Å². The molecule has 0 aliphatic carbocycles. The van der Waals surface area contributed by atoms with E-state index in [0.29, 0.717) is 59.5 Å². The molecule has 0 bridgehead atoms. The molecule has 0 N–H and O–H groups in total. The van der Waals surface area contributed by atoms with Crippen molar-refractivity contribution in [2.45, 2.75) is 18.9 Å². The normalized spacial score (nSPS) is 19.5. The van der Waals surface area contributed by atoms with Crippen molar-refractivity contribution >= 4 is 21.5 Å². The van der Waals surface area contributed by atoms with Gasteiger partial charge in [-0.25, -0.2) is 0 Å². The van der Waals surface area contributed by atoms with Gasteiger partial charge in [0.05, 0.1) is 59.0 Å². The molecule has 1 aliphatic heterocycles. The number of ether oxygens (including phenoxy) is 5. The summed E-state index contributed by atoms with van der Waals surface area (Å²) in [6.07, 6.45) is 1.68. The molecular weight excluding hydrogens is 464 g/mol. The molecule has 4 aromatic rings. The maximum Gasteiger partial charge on any atom is 0.0838 e. The first-order chi connectivity index (χ1) is 18.4. The van der Waals surface area contributed by atoms with Crippen LogP contribution >= 0.6 is 0 Å². The molecule has 0 aromatic heterocycles. The van der Waals surface area contributed by atoms with Crippen LogP contribution in [0.5, 0.6) is 0 Å². The van der Waals surface area contributed by atoms with E-state index in [9.17, 15) is 0 Å². The summed E-state index contributed by atoms with van der Waals surface area (Å²) >= 11 is 0. The van der Waals surface area contributed by atoms with E-state index in [-0.39, 0.29) is 6.10 Å². The van der Waals surface area contributed by atoms with E-state index in [2.05, 4.69) is 78.9 Å². The Bertz CT molecular complexity index is 1250. The lowest BCUT2D eigenvalue weighted by Crippen LogP contribution is -2.14. The van der Waals surface area contributed by atoms with Gasteiger partial charge in [0.1, 0.15) is 0 Å². The minimum atomic E-state index is -0.0806. The molecule has 1 atom stereocenters. The SMILES string of the molecule is c1ccc2cc(-c3ccc4ccccc4c3[C@H]3CCCOCCOCCOCCOCCO3)ccc2c1. The van der Waals surface area contributed by atoms with Crippen LogP contribution in [0.1, 0.15) is 24.5 Å². The van der Waals surface area contributed by atoms with E-state index >= 15 is 0 Å². The number of fused-ring (bicyclic) bond motifs is 2. The number of hydrogen-bond acceptors (Lipinski definition) is 5. The van der Waals surface area contributed by atoms with Crippen LogP contribution in [0.2, 0.25) is 0 Å². The monoisotopic (exact) mass is 500 g/mol. The predicted molar refractivity (Wildman–Crippen MR) is 148 cm³/mol. The summed E-state index contributed by atoms with van der Waals surface area (Å²) in [5, 5.41) is 4.93. The molecule has 5 heteroatoms. The van der Waals surface area contributed by atoms with Gasteiger partial charge in [0.15, 0.2) is 0 Å². The van der Waals surface area contributed by atoms with Gasteiger partial charge in [-0.15, -0.1) is 0 Å². The van der Waals surface area contributed by atoms with Gasteiger partial charge in [0.25, 0.3) is 0 Å². The Kier molecular flexibility index (Phi) is 9.54. The Balaban J connectivity index is 1.47. The second-order valence-electron chi connectivity index (χ2n) is 9.26. The van der Waals surface area contributed by atoms with Crippen molar-refractivity contribution in [3.8, 4) is 11.1 Å². The lowest BCUT2D eigenvalue weighted by atomic mass is 9.88. The summed E-state index contributed by atoms with van der Waals surface area (Å²) in [6, 6.07) is 28.3. The molecule has 0 saturated carbocycles. The summed E-state index contributed by atoms with van der Waals surface area (Å²) in [5.74, 6) is 0. The molecule has 1 fully saturated rings. The quantitative estimate of drug-likeness (QED) is 0.311. The second kappa shape index (κ2) is 13.7. The molecule has 0 amide bonds. The van der Waals surface area contributed by atoms with Gasteiger partial charge in [0, 0.05) is 6.61 Å². The summed E-state index contributed by atoms with van der Waals surface area (Å²) in [5.41, 5.74) is 3.65. The minimum absolute atomic E-state index is 0.0806. The van der Waals surface area contributed by atoms with E-state index in [1.807, 2.05) is 0 Å². The molecule has 0 radical (unpaired) electrons. The van der Waals surface area contributed by atoms with Crippen LogP contribution in [-0.4, -0.2) is 59.5 Å². The van der Waals surface area contributed by atoms with Crippen molar-refractivity contribution in [1.82, 2.24) is 0 Å². The summed E-state index contributed by atoms with van der Waals surface area (Å²) < 4.78 is 29.3. The van der Waals surface area contributed by atoms with Crippen LogP contribution in [0.15, 0.2) is 78.9 Å². The van der Waals surface area contributed by atoms with Crippen molar-refractivity contribution in [2.75, 3.05) is 59.5 Å². The first kappa shape index (κ1) is 25.8. The third-order valence-electron chi connectivity index (χ3n) is 6.77. The van der Waals surface area contributed by atoms with Crippen LogP contribution in [0.4, 0.5) is 0 Å². The van der Waals surface area contributed by atoms with Crippen LogP contribution in [0.25, 0.3) is 32.7 Å². The lowest BCUT2D eigenvalue weighted by molar-refractivity contribution is -0.0203. The average Bonchev–Trinajstić information content (AvgIpc) is 2.95. The van der Waals surface area contributed by atoms with E-state index in [0.717, 1.165) is 12.8 Å². The van der Waals surface area contributed by atoms with E-state index in [4.69, 9.17) is 23.7 Å². The summed E-state index contributed by atoms with van der Waals surface area (Å²) in [7, 11) is 0. The zero-order chi connectivity index (χ0) is 25.1. The average molecular weight is 501 g/mol. The molecule has 5 rings (SSSR count). The topological polar surface area (TPSA) is 46.2 Å². The van der Waals surface area contributed by atoms with Gasteiger partial charge >= 0.3 is 0 Å². The molecule has 194 valence electrons. The highest BCUT2D eigenvalue weighted by Gasteiger charge is 2.20. The zero-order valence-electron chi connectivity index (χ0n) is 21.4. The number of benzene rings is 4. The van der Waals surface area contributed by atoms with Gasteiger partial charge in [-0.3, -0.25) is 0 Å². The Morgan fingerprint density at radius 3 is 1.86 bits per heavy atom. The zero-order valence-corrected chi connectivity index (χ0v) is 21.4. The fraction of sp³-hybridized carbons (Fsp3) is 0.375. The second-order valence-corrected chi connectivity index (χ2v) is 9.26. The fourth-order valence-electron chi connectivity index (χ4n) is 4.94. The van der Waals surface area contributed by atoms with Crippen molar-refractivity contribution < 1.29 is 23.7 Å². The van der Waals surface area contributed by atoms with Gasteiger partial charge in [-0.2, -0.15) is 0 Å². The lowest BCUT2D eigenvalue weighted by Gasteiger charge is -2.24. The van der Waals surface area contributed by atoms with Crippen molar-refractivity contribution in [1.29, 1.82) is 0 Å². The van der Waals surface area contributed by atoms with Crippen molar-refractivity contribution in [3.63, 3.8) is 0 Å². The maximum absolute atomic E-state index is 6.57. The highest BCUT2D eigenvalue weighted by molar-refractivity contribution is 5.94. The molecule has 1 saturated heterocycles. The summed E-state index contributed by atoms with van der Waals surface area (Å²) in [4.78, 5) is 0. The van der Waals surface area contributed by atoms with Crippen LogP contribution in [0, 0.1) is 0 Å². The summed E-state index contributed by atoms with van der Waals surface area (Å²) in [6.45, 7) is 5.14. The Morgan fingerprint density at radius 2 is 1.11 bits per heavy atom. The van der Waals surface area contributed by atoms with Gasteiger partial charge < -0.3 is 23.7 Å². The van der Waals surface area contributed by atoms with E-state index in [1.54, 1.807) is 0 Å². The molecule has 1 aliphatic rings. The van der Waals surface area contributed by atoms with Crippen LogP contribution in [0.3, 0.4) is 0 Å². The first-order valence-corrected chi connectivity index (χ1v) is 13.3. The Labute approximate surface area is 219 Å². The Morgan fingerprint density at radius 1 is 0.514 bits per heavy atom. The molecule has 1 heterocycles. The maximum atomic E-state index is 6.57. The largest absolute Gasteiger partial charge is 0.379 e. The molecule has 0 unspecified atom stereocenters. The highest BCUT2D eigenvalue weighted by Crippen LogP contribution is 2.39. The Hall–Kier alpha value is -2.80. The standard InChI is InChI=1S/C32H36O5/c1-2-8-27-24-28(12-11-25(27)6-1)30-14-13-26-7-3-4-9-29(26)32(30)31-10-5-15-33-16-17-34-18-19-35-20-21-36-22-23-37-31/h1-4,6-9,11-14,24,31H,5,10,15-23H2/t31-/m1/s1. The molecule has 4 aromatic carbocycles. The van der Waals surface area contributed by atoms with E-state index in [1.165, 1.54) is 38.2 Å². The van der Waals surface area contributed by atoms with Crippen LogP contribution < -0.4 is 0 Å². The molecular formula is C32H36O5. The smallest absolute Gasteiger partial charge is 0.0838 e. The fourth-order valence-corrected chi connectivity index (χ4v) is 4.94. The van der Waals surface area contributed by atoms with E-state index < -0.39 is 0 Å². The first-order valence-electron chi connectivity index (χ1n) is 13.3. The van der Waals surface area contributed by atoms with Crippen molar-refractivity contribution in [3.05, 3.63) is 84.4 Å². The minimum Gasteiger partial charge on any atom is -0.379 e. The third-order valence-corrected chi connectivity index (χ3v) is 6.77. The molecule has 37 heavy (non-hydrogen) atoms. The van der Waals surface area contributed by atoms with Gasteiger partial charge in [0.2, 0.25) is 0 Å². The molecule has 0 spiro atoms. The van der Waals surface area contributed by atoms with Crippen LogP contribution in [-0.2, 0) is 23.7 Å². The third kappa shape index (κ3) is 6.95. The van der Waals surface area contributed by atoms with Gasteiger partial charge in [-0.1, -0.05) is 72.8 Å².